The fraction of sp³-hybridized carbons (Fsp3) is 0.500. The number of amides is 1. The van der Waals surface area contributed by atoms with E-state index in [0.717, 1.165) is 18.8 Å². The Morgan fingerprint density at radius 3 is 2.47 bits per heavy atom. The summed E-state index contributed by atoms with van der Waals surface area (Å²) in [5.41, 5.74) is 0.792. The van der Waals surface area contributed by atoms with Gasteiger partial charge in [0.05, 0.1) is 0 Å². The maximum absolute atomic E-state index is 11.7. The average molecular weight is 305 g/mol. The number of benzene rings is 1. The van der Waals surface area contributed by atoms with E-state index in [9.17, 15) is 4.79 Å². The standard InChI is InChI=1S/C14H21ClN2O.ClH/c1-3-4-10-17(2)11-9-14(18)16-13-7-5-12(15)6-8-13;/h5-8H,3-4,9-11H2,1-2H3,(H,16,18);1H. The summed E-state index contributed by atoms with van der Waals surface area (Å²) < 4.78 is 0. The van der Waals surface area contributed by atoms with Gasteiger partial charge in [-0.15, -0.1) is 12.4 Å². The topological polar surface area (TPSA) is 32.3 Å². The summed E-state index contributed by atoms with van der Waals surface area (Å²) >= 11 is 5.78. The normalized spacial score (nSPS) is 10.1. The van der Waals surface area contributed by atoms with Gasteiger partial charge in [-0.2, -0.15) is 0 Å². The van der Waals surface area contributed by atoms with Gasteiger partial charge in [0.25, 0.3) is 0 Å². The molecule has 108 valence electrons. The van der Waals surface area contributed by atoms with E-state index in [1.165, 1.54) is 12.8 Å². The first kappa shape index (κ1) is 18.2. The van der Waals surface area contributed by atoms with Crippen LogP contribution in [0, 0.1) is 0 Å². The zero-order valence-electron chi connectivity index (χ0n) is 11.5. The maximum Gasteiger partial charge on any atom is 0.225 e. The number of halogens is 2. The molecule has 0 unspecified atom stereocenters. The summed E-state index contributed by atoms with van der Waals surface area (Å²) in [6.07, 6.45) is 2.87. The third-order valence-corrected chi connectivity index (χ3v) is 2.99. The Morgan fingerprint density at radius 1 is 1.26 bits per heavy atom. The highest BCUT2D eigenvalue weighted by Gasteiger charge is 2.04. The van der Waals surface area contributed by atoms with E-state index < -0.39 is 0 Å². The Labute approximate surface area is 126 Å². The molecule has 0 aliphatic heterocycles. The lowest BCUT2D eigenvalue weighted by Gasteiger charge is -2.15. The van der Waals surface area contributed by atoms with Gasteiger partial charge >= 0.3 is 0 Å². The van der Waals surface area contributed by atoms with Crippen LogP contribution < -0.4 is 5.32 Å². The molecular formula is C14H22Cl2N2O. The molecule has 0 fully saturated rings. The van der Waals surface area contributed by atoms with Crippen LogP contribution in [0.5, 0.6) is 0 Å². The third-order valence-electron chi connectivity index (χ3n) is 2.74. The van der Waals surface area contributed by atoms with Crippen LogP contribution in [0.2, 0.25) is 5.02 Å². The van der Waals surface area contributed by atoms with Gasteiger partial charge in [-0.25, -0.2) is 0 Å². The van der Waals surface area contributed by atoms with Crippen LogP contribution in [-0.2, 0) is 4.79 Å². The fourth-order valence-corrected chi connectivity index (χ4v) is 1.71. The Kier molecular flexibility index (Phi) is 9.66. The van der Waals surface area contributed by atoms with Crippen molar-refractivity contribution in [3.63, 3.8) is 0 Å². The van der Waals surface area contributed by atoms with E-state index >= 15 is 0 Å². The number of nitrogens with zero attached hydrogens (tertiary/aromatic N) is 1. The molecule has 0 aliphatic carbocycles. The predicted molar refractivity (Wildman–Crippen MR) is 84.4 cm³/mol. The van der Waals surface area contributed by atoms with Crippen molar-refractivity contribution in [2.45, 2.75) is 26.2 Å². The van der Waals surface area contributed by atoms with Crippen molar-refractivity contribution in [2.24, 2.45) is 0 Å². The first-order chi connectivity index (χ1) is 8.61. The van der Waals surface area contributed by atoms with Gasteiger partial charge in [-0.05, 0) is 44.3 Å². The van der Waals surface area contributed by atoms with Gasteiger partial charge < -0.3 is 10.2 Å². The number of nitrogens with one attached hydrogen (secondary N) is 1. The van der Waals surface area contributed by atoms with Crippen molar-refractivity contribution in [1.82, 2.24) is 4.90 Å². The maximum atomic E-state index is 11.7. The number of unbranched alkanes of at least 4 members (excludes halogenated alkanes) is 1. The minimum Gasteiger partial charge on any atom is -0.326 e. The van der Waals surface area contributed by atoms with E-state index in [1.807, 2.05) is 7.05 Å². The predicted octanol–water partition coefficient (Wildman–Crippen LogP) is 3.82. The summed E-state index contributed by atoms with van der Waals surface area (Å²) in [6.45, 7) is 4.01. The van der Waals surface area contributed by atoms with Crippen molar-refractivity contribution in [3.05, 3.63) is 29.3 Å². The molecule has 0 spiro atoms. The molecular weight excluding hydrogens is 283 g/mol. The minimum atomic E-state index is 0. The zero-order chi connectivity index (χ0) is 13.4. The van der Waals surface area contributed by atoms with Crippen LogP contribution in [0.4, 0.5) is 5.69 Å². The second-order valence-electron chi connectivity index (χ2n) is 4.46. The lowest BCUT2D eigenvalue weighted by Crippen LogP contribution is -2.25. The monoisotopic (exact) mass is 304 g/mol. The van der Waals surface area contributed by atoms with E-state index in [4.69, 9.17) is 11.6 Å². The smallest absolute Gasteiger partial charge is 0.225 e. The van der Waals surface area contributed by atoms with Gasteiger partial charge in [-0.3, -0.25) is 4.79 Å². The van der Waals surface area contributed by atoms with Gasteiger partial charge in [0.15, 0.2) is 0 Å². The Balaban J connectivity index is 0.00000324. The Hall–Kier alpha value is -0.770. The summed E-state index contributed by atoms with van der Waals surface area (Å²) in [5.74, 6) is 0.0423. The summed E-state index contributed by atoms with van der Waals surface area (Å²) in [4.78, 5) is 13.9. The molecule has 19 heavy (non-hydrogen) atoms. The molecule has 0 atom stereocenters. The number of rotatable bonds is 7. The Bertz CT molecular complexity index is 368. The minimum absolute atomic E-state index is 0. The highest BCUT2D eigenvalue weighted by Crippen LogP contribution is 2.13. The number of hydrogen-bond acceptors (Lipinski definition) is 2. The molecule has 0 heterocycles. The fourth-order valence-electron chi connectivity index (χ4n) is 1.59. The van der Waals surface area contributed by atoms with Crippen LogP contribution in [-0.4, -0.2) is 30.9 Å². The molecule has 1 aromatic carbocycles. The second-order valence-corrected chi connectivity index (χ2v) is 4.90. The first-order valence-electron chi connectivity index (χ1n) is 6.35. The number of anilines is 1. The lowest BCUT2D eigenvalue weighted by atomic mass is 10.3. The largest absolute Gasteiger partial charge is 0.326 e. The quantitative estimate of drug-likeness (QED) is 0.830. The molecule has 0 saturated heterocycles. The van der Waals surface area contributed by atoms with Crippen LogP contribution in [0.1, 0.15) is 26.2 Å². The third kappa shape index (κ3) is 8.09. The molecule has 1 N–H and O–H groups in total. The lowest BCUT2D eigenvalue weighted by molar-refractivity contribution is -0.116. The van der Waals surface area contributed by atoms with Crippen LogP contribution >= 0.6 is 24.0 Å². The number of carbonyl (C=O) groups excluding carboxylic acids is 1. The van der Waals surface area contributed by atoms with E-state index in [0.29, 0.717) is 11.4 Å². The van der Waals surface area contributed by atoms with Gasteiger partial charge in [-0.1, -0.05) is 24.9 Å². The number of hydrogen-bond donors (Lipinski definition) is 1. The van der Waals surface area contributed by atoms with Crippen LogP contribution in [0.15, 0.2) is 24.3 Å². The molecule has 0 radical (unpaired) electrons. The molecule has 5 heteroatoms. The van der Waals surface area contributed by atoms with Crippen molar-refractivity contribution in [3.8, 4) is 0 Å². The van der Waals surface area contributed by atoms with Crippen LogP contribution in [0.25, 0.3) is 0 Å². The molecule has 0 saturated carbocycles. The van der Waals surface area contributed by atoms with Gasteiger partial charge in [0.2, 0.25) is 5.91 Å². The highest BCUT2D eigenvalue weighted by atomic mass is 35.5. The molecule has 1 amide bonds. The van der Waals surface area contributed by atoms with Crippen molar-refractivity contribution in [2.75, 3.05) is 25.5 Å². The van der Waals surface area contributed by atoms with E-state index in [2.05, 4.69) is 17.1 Å². The molecule has 1 aromatic rings. The van der Waals surface area contributed by atoms with Gasteiger partial charge in [0, 0.05) is 23.7 Å². The highest BCUT2D eigenvalue weighted by molar-refractivity contribution is 6.30. The van der Waals surface area contributed by atoms with E-state index in [-0.39, 0.29) is 18.3 Å². The zero-order valence-corrected chi connectivity index (χ0v) is 13.1. The summed E-state index contributed by atoms with van der Waals surface area (Å²) in [5, 5.41) is 3.53. The summed E-state index contributed by atoms with van der Waals surface area (Å²) in [6, 6.07) is 7.15. The molecule has 0 bridgehead atoms. The SMILES string of the molecule is CCCCN(C)CCC(=O)Nc1ccc(Cl)cc1.Cl. The molecule has 1 rings (SSSR count). The van der Waals surface area contributed by atoms with Gasteiger partial charge in [0.1, 0.15) is 0 Å². The summed E-state index contributed by atoms with van der Waals surface area (Å²) in [7, 11) is 2.05. The second kappa shape index (κ2) is 10.1. The molecule has 0 aliphatic rings. The van der Waals surface area contributed by atoms with Crippen molar-refractivity contribution in [1.29, 1.82) is 0 Å². The average Bonchev–Trinajstić information content (AvgIpc) is 2.36. The molecule has 0 aromatic heterocycles. The van der Waals surface area contributed by atoms with E-state index in [1.54, 1.807) is 24.3 Å². The Morgan fingerprint density at radius 2 is 1.89 bits per heavy atom. The molecule has 3 nitrogen and oxygen atoms in total. The van der Waals surface area contributed by atoms with Crippen LogP contribution in [0.3, 0.4) is 0 Å². The van der Waals surface area contributed by atoms with Crippen molar-refractivity contribution >= 4 is 35.6 Å². The first-order valence-corrected chi connectivity index (χ1v) is 6.73. The van der Waals surface area contributed by atoms with Crippen molar-refractivity contribution < 1.29 is 4.79 Å². The number of carbonyl (C=O) groups is 1.